The molecule has 0 fully saturated rings. The molecule has 2 heterocycles. The first-order valence-electron chi connectivity index (χ1n) is 7.63. The molecular weight excluding hydrogens is 302 g/mol. The standard InChI is InChI=1S/C20H11NO3/c22-19-16-13(11-6-2-1-3-7-11)10-14-12-8-4-5-9-15(12)21-18(14)17(16)20(23)24-19/h1-10,21H. The fourth-order valence-electron chi connectivity index (χ4n) is 3.43. The van der Waals surface area contributed by atoms with Gasteiger partial charge in [-0.3, -0.25) is 0 Å². The molecule has 114 valence electrons. The van der Waals surface area contributed by atoms with Gasteiger partial charge in [0, 0.05) is 16.3 Å². The predicted molar refractivity (Wildman–Crippen MR) is 91.0 cm³/mol. The first kappa shape index (κ1) is 13.1. The van der Waals surface area contributed by atoms with E-state index in [1.165, 1.54) is 0 Å². The summed E-state index contributed by atoms with van der Waals surface area (Å²) in [7, 11) is 0. The van der Waals surface area contributed by atoms with E-state index in [4.69, 9.17) is 4.74 Å². The highest BCUT2D eigenvalue weighted by atomic mass is 16.6. The molecule has 4 heteroatoms. The third kappa shape index (κ3) is 1.62. The van der Waals surface area contributed by atoms with Gasteiger partial charge in [-0.25, -0.2) is 9.59 Å². The zero-order valence-electron chi connectivity index (χ0n) is 12.5. The molecule has 1 aliphatic rings. The molecule has 0 saturated carbocycles. The van der Waals surface area contributed by atoms with E-state index in [0.29, 0.717) is 16.6 Å². The van der Waals surface area contributed by atoms with Crippen LogP contribution in [-0.4, -0.2) is 16.9 Å². The summed E-state index contributed by atoms with van der Waals surface area (Å²) in [5.74, 6) is -1.18. The summed E-state index contributed by atoms with van der Waals surface area (Å²) in [6.07, 6.45) is 0. The van der Waals surface area contributed by atoms with Crippen LogP contribution < -0.4 is 0 Å². The molecule has 1 N–H and O–H groups in total. The van der Waals surface area contributed by atoms with E-state index in [0.717, 1.165) is 27.4 Å². The number of rotatable bonds is 1. The van der Waals surface area contributed by atoms with Gasteiger partial charge in [-0.15, -0.1) is 0 Å². The zero-order chi connectivity index (χ0) is 16.3. The average Bonchev–Trinajstić information content (AvgIpc) is 3.12. The van der Waals surface area contributed by atoms with Gasteiger partial charge in [0.1, 0.15) is 0 Å². The highest BCUT2D eigenvalue weighted by Gasteiger charge is 2.35. The Kier molecular flexibility index (Phi) is 2.48. The number of para-hydroxylation sites is 1. The van der Waals surface area contributed by atoms with Crippen molar-refractivity contribution in [3.8, 4) is 11.1 Å². The molecule has 0 unspecified atom stereocenters. The maximum atomic E-state index is 12.3. The van der Waals surface area contributed by atoms with Gasteiger partial charge >= 0.3 is 11.9 Å². The zero-order valence-corrected chi connectivity index (χ0v) is 12.5. The van der Waals surface area contributed by atoms with Crippen molar-refractivity contribution < 1.29 is 14.3 Å². The van der Waals surface area contributed by atoms with Gasteiger partial charge in [-0.1, -0.05) is 48.5 Å². The van der Waals surface area contributed by atoms with E-state index in [9.17, 15) is 9.59 Å². The number of aromatic amines is 1. The van der Waals surface area contributed by atoms with Crippen LogP contribution in [0.2, 0.25) is 0 Å². The summed E-state index contributed by atoms with van der Waals surface area (Å²) in [6.45, 7) is 0. The Balaban J connectivity index is 2.00. The van der Waals surface area contributed by atoms with Crippen LogP contribution in [0, 0.1) is 0 Å². The first-order valence-corrected chi connectivity index (χ1v) is 7.63. The largest absolute Gasteiger partial charge is 0.386 e. The Morgan fingerprint density at radius 3 is 2.29 bits per heavy atom. The van der Waals surface area contributed by atoms with Crippen molar-refractivity contribution in [3.05, 3.63) is 71.8 Å². The lowest BCUT2D eigenvalue weighted by Crippen LogP contribution is -1.98. The van der Waals surface area contributed by atoms with Crippen LogP contribution in [0.3, 0.4) is 0 Å². The minimum Gasteiger partial charge on any atom is -0.386 e. The summed E-state index contributed by atoms with van der Waals surface area (Å²) in [6, 6.07) is 19.4. The number of carbonyl (C=O) groups is 2. The summed E-state index contributed by atoms with van der Waals surface area (Å²) in [5, 5.41) is 1.93. The Labute approximate surface area is 136 Å². The third-order valence-corrected chi connectivity index (χ3v) is 4.48. The summed E-state index contributed by atoms with van der Waals surface area (Å²) >= 11 is 0. The second kappa shape index (κ2) is 4.55. The highest BCUT2D eigenvalue weighted by molar-refractivity contribution is 6.26. The molecule has 0 aliphatic carbocycles. The van der Waals surface area contributed by atoms with E-state index >= 15 is 0 Å². The number of hydrogen-bond donors (Lipinski definition) is 1. The number of carbonyl (C=O) groups excluding carboxylic acids is 2. The minimum absolute atomic E-state index is 0.326. The van der Waals surface area contributed by atoms with Crippen molar-refractivity contribution in [2.45, 2.75) is 0 Å². The fraction of sp³-hybridized carbons (Fsp3) is 0. The van der Waals surface area contributed by atoms with Gasteiger partial charge in [0.25, 0.3) is 0 Å². The van der Waals surface area contributed by atoms with Crippen molar-refractivity contribution in [1.82, 2.24) is 4.98 Å². The van der Waals surface area contributed by atoms with E-state index < -0.39 is 11.9 Å². The minimum atomic E-state index is -0.593. The summed E-state index contributed by atoms with van der Waals surface area (Å²) in [4.78, 5) is 27.8. The Bertz CT molecular complexity index is 1160. The predicted octanol–water partition coefficient (Wildman–Crippen LogP) is 4.30. The van der Waals surface area contributed by atoms with Crippen molar-refractivity contribution >= 4 is 33.7 Å². The molecule has 0 amide bonds. The molecule has 4 nitrogen and oxygen atoms in total. The van der Waals surface area contributed by atoms with E-state index in [1.807, 2.05) is 60.7 Å². The highest BCUT2D eigenvalue weighted by Crippen LogP contribution is 2.39. The van der Waals surface area contributed by atoms with Crippen LogP contribution in [0.15, 0.2) is 60.7 Å². The van der Waals surface area contributed by atoms with Crippen LogP contribution in [-0.2, 0) is 4.74 Å². The smallest absolute Gasteiger partial charge is 0.349 e. The molecule has 0 saturated heterocycles. The molecule has 0 spiro atoms. The SMILES string of the molecule is O=C1OC(=O)c2c1c(-c1ccccc1)cc1c2[nH]c2ccccc21. The number of ether oxygens (including phenoxy) is 1. The molecular formula is C20H11NO3. The number of benzene rings is 3. The second-order valence-corrected chi connectivity index (χ2v) is 5.81. The van der Waals surface area contributed by atoms with Gasteiger partial charge in [0.05, 0.1) is 16.6 Å². The Morgan fingerprint density at radius 2 is 1.46 bits per heavy atom. The lowest BCUT2D eigenvalue weighted by atomic mass is 9.93. The molecule has 5 rings (SSSR count). The topological polar surface area (TPSA) is 59.2 Å². The molecule has 0 radical (unpaired) electrons. The van der Waals surface area contributed by atoms with E-state index in [1.54, 1.807) is 0 Å². The van der Waals surface area contributed by atoms with E-state index in [-0.39, 0.29) is 0 Å². The molecule has 0 atom stereocenters. The monoisotopic (exact) mass is 313 g/mol. The third-order valence-electron chi connectivity index (χ3n) is 4.48. The number of nitrogens with one attached hydrogen (secondary N) is 1. The normalized spacial score (nSPS) is 13.5. The van der Waals surface area contributed by atoms with Crippen molar-refractivity contribution in [2.75, 3.05) is 0 Å². The second-order valence-electron chi connectivity index (χ2n) is 5.81. The fourth-order valence-corrected chi connectivity index (χ4v) is 3.43. The lowest BCUT2D eigenvalue weighted by molar-refractivity contribution is 0.0445. The van der Waals surface area contributed by atoms with Crippen LogP contribution in [0.1, 0.15) is 20.7 Å². The van der Waals surface area contributed by atoms with Crippen LogP contribution in [0.25, 0.3) is 32.9 Å². The number of hydrogen-bond acceptors (Lipinski definition) is 3. The molecule has 0 bridgehead atoms. The van der Waals surface area contributed by atoms with Gasteiger partial charge in [0.2, 0.25) is 0 Å². The number of esters is 2. The summed E-state index contributed by atoms with van der Waals surface area (Å²) < 4.78 is 4.90. The van der Waals surface area contributed by atoms with Gasteiger partial charge in [-0.2, -0.15) is 0 Å². The molecule has 3 aromatic carbocycles. The van der Waals surface area contributed by atoms with Gasteiger partial charge in [-0.05, 0) is 23.3 Å². The summed E-state index contributed by atoms with van der Waals surface area (Å²) in [5.41, 5.74) is 3.85. The van der Waals surface area contributed by atoms with Crippen molar-refractivity contribution in [2.24, 2.45) is 0 Å². The van der Waals surface area contributed by atoms with Gasteiger partial charge in [0.15, 0.2) is 0 Å². The molecule has 24 heavy (non-hydrogen) atoms. The maximum absolute atomic E-state index is 12.3. The van der Waals surface area contributed by atoms with Crippen LogP contribution in [0.5, 0.6) is 0 Å². The number of fused-ring (bicyclic) bond motifs is 5. The number of H-pyrrole nitrogens is 1. The lowest BCUT2D eigenvalue weighted by Gasteiger charge is -2.07. The maximum Gasteiger partial charge on any atom is 0.349 e. The number of aromatic nitrogens is 1. The quantitative estimate of drug-likeness (QED) is 0.421. The van der Waals surface area contributed by atoms with Crippen molar-refractivity contribution in [1.29, 1.82) is 0 Å². The van der Waals surface area contributed by atoms with Crippen LogP contribution >= 0.6 is 0 Å². The van der Waals surface area contributed by atoms with Crippen molar-refractivity contribution in [3.63, 3.8) is 0 Å². The van der Waals surface area contributed by atoms with E-state index in [2.05, 4.69) is 4.98 Å². The van der Waals surface area contributed by atoms with Crippen LogP contribution in [0.4, 0.5) is 0 Å². The molecule has 4 aromatic rings. The number of cyclic esters (lactones) is 2. The molecule has 1 aromatic heterocycles. The van der Waals surface area contributed by atoms with Gasteiger partial charge < -0.3 is 9.72 Å². The molecule has 1 aliphatic heterocycles. The Morgan fingerprint density at radius 1 is 0.750 bits per heavy atom. The average molecular weight is 313 g/mol. The first-order chi connectivity index (χ1) is 11.7. The Hall–Kier alpha value is -3.40.